The Morgan fingerprint density at radius 3 is 2.74 bits per heavy atom. The summed E-state index contributed by atoms with van der Waals surface area (Å²) in [5.74, 6) is 0.873. The van der Waals surface area contributed by atoms with E-state index in [0.29, 0.717) is 22.8 Å². The molecule has 118 valence electrons. The zero-order valence-corrected chi connectivity index (χ0v) is 13.1. The van der Waals surface area contributed by atoms with Gasteiger partial charge in [0.1, 0.15) is 17.0 Å². The van der Waals surface area contributed by atoms with E-state index in [0.717, 1.165) is 0 Å². The first-order chi connectivity index (χ1) is 10.8. The maximum Gasteiger partial charge on any atom is 0.234 e. The predicted octanol–water partition coefficient (Wildman–Crippen LogP) is 2.39. The highest BCUT2D eigenvalue weighted by atomic mass is 16.6. The van der Waals surface area contributed by atoms with Crippen LogP contribution in [0.4, 0.5) is 0 Å². The first-order valence-electron chi connectivity index (χ1n) is 7.25. The molecule has 0 spiro atoms. The standard InChI is InChI=1S/C17H17N3O3/c1-16(2)17(3,21)15(22-14-5-4-8-19-20-14)12-9-11(10-18)6-7-13(12)23-16/h4-9,15,21H,1-3H3. The molecule has 0 saturated heterocycles. The number of aliphatic hydroxyl groups is 1. The molecule has 2 atom stereocenters. The van der Waals surface area contributed by atoms with Gasteiger partial charge in [0, 0.05) is 17.8 Å². The summed E-state index contributed by atoms with van der Waals surface area (Å²) in [5.41, 5.74) is -1.15. The van der Waals surface area contributed by atoms with Crippen molar-refractivity contribution in [2.45, 2.75) is 38.1 Å². The largest absolute Gasteiger partial charge is 0.484 e. The third-order valence-corrected chi connectivity index (χ3v) is 4.30. The lowest BCUT2D eigenvalue weighted by Crippen LogP contribution is -2.59. The molecule has 0 amide bonds. The maximum absolute atomic E-state index is 11.1. The Bertz CT molecular complexity index is 766. The minimum absolute atomic E-state index is 0.295. The van der Waals surface area contributed by atoms with Crippen LogP contribution in [0.5, 0.6) is 11.6 Å². The quantitative estimate of drug-likeness (QED) is 0.916. The van der Waals surface area contributed by atoms with Crippen molar-refractivity contribution in [1.29, 1.82) is 5.26 Å². The number of aromatic nitrogens is 2. The normalized spacial score (nSPS) is 24.9. The van der Waals surface area contributed by atoms with Crippen LogP contribution in [-0.4, -0.2) is 26.5 Å². The summed E-state index contributed by atoms with van der Waals surface area (Å²) in [5, 5.41) is 27.9. The fourth-order valence-corrected chi connectivity index (χ4v) is 2.56. The first kappa shape index (κ1) is 15.3. The van der Waals surface area contributed by atoms with Crippen LogP contribution in [0.25, 0.3) is 0 Å². The Hall–Kier alpha value is -2.65. The Kier molecular flexibility index (Phi) is 3.46. The van der Waals surface area contributed by atoms with Crippen molar-refractivity contribution in [1.82, 2.24) is 10.2 Å². The second-order valence-electron chi connectivity index (χ2n) is 6.18. The highest BCUT2D eigenvalue weighted by Gasteiger charge is 2.54. The second kappa shape index (κ2) is 5.21. The van der Waals surface area contributed by atoms with Gasteiger partial charge in [0.15, 0.2) is 6.10 Å². The van der Waals surface area contributed by atoms with Crippen LogP contribution in [0.1, 0.15) is 38.0 Å². The van der Waals surface area contributed by atoms with Crippen LogP contribution in [-0.2, 0) is 0 Å². The molecule has 2 aromatic rings. The van der Waals surface area contributed by atoms with Crippen LogP contribution in [0.15, 0.2) is 36.5 Å². The summed E-state index contributed by atoms with van der Waals surface area (Å²) in [4.78, 5) is 0. The van der Waals surface area contributed by atoms with E-state index in [1.54, 1.807) is 57.3 Å². The van der Waals surface area contributed by atoms with E-state index in [9.17, 15) is 5.11 Å². The maximum atomic E-state index is 11.1. The molecule has 1 aromatic heterocycles. The summed E-state index contributed by atoms with van der Waals surface area (Å²) in [6.07, 6.45) is 0.798. The highest BCUT2D eigenvalue weighted by Crippen LogP contribution is 2.48. The molecule has 6 nitrogen and oxygen atoms in total. The number of benzene rings is 1. The summed E-state index contributed by atoms with van der Waals surface area (Å²) >= 11 is 0. The minimum atomic E-state index is -1.34. The summed E-state index contributed by atoms with van der Waals surface area (Å²) in [6.45, 7) is 5.23. The molecule has 2 unspecified atom stereocenters. The summed E-state index contributed by atoms with van der Waals surface area (Å²) < 4.78 is 11.8. The molecule has 0 radical (unpaired) electrons. The Balaban J connectivity index is 2.12. The van der Waals surface area contributed by atoms with Gasteiger partial charge in [0.05, 0.1) is 11.6 Å². The molecule has 1 aliphatic heterocycles. The van der Waals surface area contributed by atoms with Crippen LogP contribution >= 0.6 is 0 Å². The molecule has 1 aromatic carbocycles. The second-order valence-corrected chi connectivity index (χ2v) is 6.18. The predicted molar refractivity (Wildman–Crippen MR) is 81.9 cm³/mol. The van der Waals surface area contributed by atoms with Gasteiger partial charge in [-0.15, -0.1) is 5.10 Å². The van der Waals surface area contributed by atoms with Gasteiger partial charge in [-0.1, -0.05) is 0 Å². The van der Waals surface area contributed by atoms with Crippen LogP contribution in [0.2, 0.25) is 0 Å². The van der Waals surface area contributed by atoms with E-state index in [1.807, 2.05) is 0 Å². The smallest absolute Gasteiger partial charge is 0.234 e. The number of nitrogens with zero attached hydrogens (tertiary/aromatic N) is 3. The van der Waals surface area contributed by atoms with Gasteiger partial charge in [-0.2, -0.15) is 10.4 Å². The van der Waals surface area contributed by atoms with Gasteiger partial charge in [-0.05, 0) is 45.0 Å². The van der Waals surface area contributed by atoms with Crippen molar-refractivity contribution in [3.63, 3.8) is 0 Å². The van der Waals surface area contributed by atoms with Crippen molar-refractivity contribution in [3.8, 4) is 17.7 Å². The van der Waals surface area contributed by atoms with Crippen molar-refractivity contribution in [3.05, 3.63) is 47.7 Å². The Morgan fingerprint density at radius 2 is 2.09 bits per heavy atom. The molecule has 0 bridgehead atoms. The molecule has 3 rings (SSSR count). The SMILES string of the molecule is CC1(C)Oc2ccc(C#N)cc2C(Oc2cccnn2)C1(C)O. The number of nitriles is 1. The lowest BCUT2D eigenvalue weighted by Gasteiger charge is -2.48. The average molecular weight is 311 g/mol. The van der Waals surface area contributed by atoms with Gasteiger partial charge in [-0.3, -0.25) is 0 Å². The molecule has 0 saturated carbocycles. The van der Waals surface area contributed by atoms with Crippen LogP contribution < -0.4 is 9.47 Å². The number of rotatable bonds is 2. The van der Waals surface area contributed by atoms with Gasteiger partial charge in [-0.25, -0.2) is 0 Å². The van der Waals surface area contributed by atoms with E-state index >= 15 is 0 Å². The van der Waals surface area contributed by atoms with Gasteiger partial charge in [0.25, 0.3) is 0 Å². The highest BCUT2D eigenvalue weighted by molar-refractivity contribution is 5.47. The zero-order chi connectivity index (χ0) is 16.7. The van der Waals surface area contributed by atoms with E-state index in [-0.39, 0.29) is 0 Å². The van der Waals surface area contributed by atoms with Crippen molar-refractivity contribution in [2.75, 3.05) is 0 Å². The monoisotopic (exact) mass is 311 g/mol. The summed E-state index contributed by atoms with van der Waals surface area (Å²) in [6, 6.07) is 10.5. The molecule has 0 aliphatic carbocycles. The molecular weight excluding hydrogens is 294 g/mol. The van der Waals surface area contributed by atoms with Crippen LogP contribution in [0.3, 0.4) is 0 Å². The number of hydrogen-bond acceptors (Lipinski definition) is 6. The third kappa shape index (κ3) is 2.49. The minimum Gasteiger partial charge on any atom is -0.484 e. The summed E-state index contributed by atoms with van der Waals surface area (Å²) in [7, 11) is 0. The van der Waals surface area contributed by atoms with E-state index in [1.165, 1.54) is 0 Å². The Labute approximate surface area is 134 Å². The molecule has 23 heavy (non-hydrogen) atoms. The van der Waals surface area contributed by atoms with Crippen molar-refractivity contribution in [2.24, 2.45) is 0 Å². The molecule has 2 heterocycles. The topological polar surface area (TPSA) is 88.3 Å². The number of ether oxygens (including phenoxy) is 2. The molecule has 6 heteroatoms. The fraction of sp³-hybridized carbons (Fsp3) is 0.353. The average Bonchev–Trinajstić information content (AvgIpc) is 2.52. The third-order valence-electron chi connectivity index (χ3n) is 4.30. The lowest BCUT2D eigenvalue weighted by molar-refractivity contribution is -0.175. The number of fused-ring (bicyclic) bond motifs is 1. The molecule has 1 aliphatic rings. The van der Waals surface area contributed by atoms with Gasteiger partial charge >= 0.3 is 0 Å². The molecule has 1 N–H and O–H groups in total. The van der Waals surface area contributed by atoms with Gasteiger partial charge in [0.2, 0.25) is 5.88 Å². The van der Waals surface area contributed by atoms with E-state index < -0.39 is 17.3 Å². The Morgan fingerprint density at radius 1 is 1.30 bits per heavy atom. The van der Waals surface area contributed by atoms with E-state index in [4.69, 9.17) is 14.7 Å². The zero-order valence-electron chi connectivity index (χ0n) is 13.1. The van der Waals surface area contributed by atoms with Crippen molar-refractivity contribution < 1.29 is 14.6 Å². The van der Waals surface area contributed by atoms with E-state index in [2.05, 4.69) is 16.3 Å². The number of hydrogen-bond donors (Lipinski definition) is 1. The lowest BCUT2D eigenvalue weighted by atomic mass is 9.77. The van der Waals surface area contributed by atoms with Crippen molar-refractivity contribution >= 4 is 0 Å². The first-order valence-corrected chi connectivity index (χ1v) is 7.25. The van der Waals surface area contributed by atoms with Gasteiger partial charge < -0.3 is 14.6 Å². The fourth-order valence-electron chi connectivity index (χ4n) is 2.56. The molecule has 0 fully saturated rings. The molecular formula is C17H17N3O3. The van der Waals surface area contributed by atoms with Crippen LogP contribution in [0, 0.1) is 11.3 Å².